The minimum atomic E-state index is 0.733. The van der Waals surface area contributed by atoms with Crippen LogP contribution in [0.15, 0.2) is 0 Å². The molecule has 2 rings (SSSR count). The Kier molecular flexibility index (Phi) is 5.26. The van der Waals surface area contributed by atoms with Gasteiger partial charge in [0, 0.05) is 31.7 Å². The highest BCUT2D eigenvalue weighted by Crippen LogP contribution is 2.13. The summed E-state index contributed by atoms with van der Waals surface area (Å²) in [6, 6.07) is 1.55. The topological polar surface area (TPSA) is 18.5 Å². The molecule has 17 heavy (non-hydrogen) atoms. The molecule has 3 nitrogen and oxygen atoms in total. The monoisotopic (exact) mass is 239 g/mol. The molecule has 0 aromatic carbocycles. The van der Waals surface area contributed by atoms with Crippen LogP contribution in [0.5, 0.6) is 0 Å². The number of hydrogen-bond acceptors (Lipinski definition) is 3. The molecule has 0 aromatic heterocycles. The Morgan fingerprint density at radius 3 is 2.82 bits per heavy atom. The molecule has 100 valence electrons. The van der Waals surface area contributed by atoms with Crippen LogP contribution >= 0.6 is 0 Å². The number of piperidine rings is 1. The lowest BCUT2D eigenvalue weighted by Gasteiger charge is -2.38. The van der Waals surface area contributed by atoms with Crippen LogP contribution in [0.2, 0.25) is 0 Å². The number of piperazine rings is 1. The van der Waals surface area contributed by atoms with E-state index < -0.39 is 0 Å². The normalized spacial score (nSPS) is 32.8. The second kappa shape index (κ2) is 6.72. The Morgan fingerprint density at radius 2 is 2.12 bits per heavy atom. The summed E-state index contributed by atoms with van der Waals surface area (Å²) in [6.07, 6.45) is 6.96. The van der Waals surface area contributed by atoms with Crippen molar-refractivity contribution in [2.75, 3.05) is 39.8 Å². The summed E-state index contributed by atoms with van der Waals surface area (Å²) >= 11 is 0. The average molecular weight is 239 g/mol. The van der Waals surface area contributed by atoms with Crippen molar-refractivity contribution in [1.82, 2.24) is 15.1 Å². The maximum absolute atomic E-state index is 3.65. The molecule has 0 saturated carbocycles. The van der Waals surface area contributed by atoms with Gasteiger partial charge in [-0.05, 0) is 52.7 Å². The van der Waals surface area contributed by atoms with Gasteiger partial charge in [-0.2, -0.15) is 0 Å². The smallest absolute Gasteiger partial charge is 0.0192 e. The zero-order valence-electron chi connectivity index (χ0n) is 11.6. The van der Waals surface area contributed by atoms with Crippen molar-refractivity contribution in [3.05, 3.63) is 0 Å². The van der Waals surface area contributed by atoms with Gasteiger partial charge in [0.05, 0.1) is 0 Å². The molecule has 1 N–H and O–H groups in total. The number of rotatable bonds is 4. The Morgan fingerprint density at radius 1 is 1.24 bits per heavy atom. The lowest BCUT2D eigenvalue weighted by atomic mass is 10.0. The van der Waals surface area contributed by atoms with Crippen LogP contribution in [0, 0.1) is 0 Å². The first kappa shape index (κ1) is 13.3. The lowest BCUT2D eigenvalue weighted by Crippen LogP contribution is -2.50. The predicted molar refractivity (Wildman–Crippen MR) is 73.4 cm³/mol. The van der Waals surface area contributed by atoms with Crippen molar-refractivity contribution in [1.29, 1.82) is 0 Å². The van der Waals surface area contributed by atoms with Crippen molar-refractivity contribution in [2.24, 2.45) is 0 Å². The van der Waals surface area contributed by atoms with E-state index in [1.807, 2.05) is 0 Å². The predicted octanol–water partition coefficient (Wildman–Crippen LogP) is 1.54. The van der Waals surface area contributed by atoms with Crippen molar-refractivity contribution in [3.63, 3.8) is 0 Å². The largest absolute Gasteiger partial charge is 0.314 e. The van der Waals surface area contributed by atoms with Crippen LogP contribution in [-0.4, -0.2) is 61.7 Å². The van der Waals surface area contributed by atoms with Gasteiger partial charge >= 0.3 is 0 Å². The second-order valence-electron chi connectivity index (χ2n) is 5.92. The molecular weight excluding hydrogens is 210 g/mol. The molecule has 3 heteroatoms. The maximum Gasteiger partial charge on any atom is 0.0192 e. The summed E-state index contributed by atoms with van der Waals surface area (Å²) in [4.78, 5) is 5.12. The molecule has 0 aliphatic carbocycles. The van der Waals surface area contributed by atoms with E-state index in [1.165, 1.54) is 64.8 Å². The van der Waals surface area contributed by atoms with Gasteiger partial charge < -0.3 is 15.1 Å². The van der Waals surface area contributed by atoms with Gasteiger partial charge in [-0.15, -0.1) is 0 Å². The number of likely N-dealkylation sites (N-methyl/N-ethyl adjacent to an activating group) is 1. The van der Waals surface area contributed by atoms with E-state index in [2.05, 4.69) is 29.1 Å². The fourth-order valence-electron chi connectivity index (χ4n) is 3.06. The van der Waals surface area contributed by atoms with Crippen molar-refractivity contribution in [2.45, 2.75) is 51.1 Å². The molecule has 2 heterocycles. The van der Waals surface area contributed by atoms with Crippen LogP contribution < -0.4 is 5.32 Å². The van der Waals surface area contributed by atoms with E-state index in [1.54, 1.807) is 0 Å². The summed E-state index contributed by atoms with van der Waals surface area (Å²) in [5.41, 5.74) is 0. The van der Waals surface area contributed by atoms with Gasteiger partial charge in [-0.25, -0.2) is 0 Å². The van der Waals surface area contributed by atoms with Gasteiger partial charge in [0.1, 0.15) is 0 Å². The summed E-state index contributed by atoms with van der Waals surface area (Å²) < 4.78 is 0. The third-order valence-corrected chi connectivity index (χ3v) is 4.48. The van der Waals surface area contributed by atoms with Crippen molar-refractivity contribution >= 4 is 0 Å². The standard InChI is InChI=1S/C14H29N3/c1-13-12-17(11-10-16(13)2)9-5-7-14-6-3-4-8-15-14/h13-15H,3-12H2,1-2H3. The van der Waals surface area contributed by atoms with E-state index in [-0.39, 0.29) is 0 Å². The lowest BCUT2D eigenvalue weighted by molar-refractivity contribution is 0.103. The van der Waals surface area contributed by atoms with Gasteiger partial charge in [0.15, 0.2) is 0 Å². The van der Waals surface area contributed by atoms with Crippen LogP contribution in [0.4, 0.5) is 0 Å². The fraction of sp³-hybridized carbons (Fsp3) is 1.00. The van der Waals surface area contributed by atoms with E-state index >= 15 is 0 Å². The van der Waals surface area contributed by atoms with Crippen LogP contribution in [-0.2, 0) is 0 Å². The highest BCUT2D eigenvalue weighted by atomic mass is 15.3. The van der Waals surface area contributed by atoms with Crippen molar-refractivity contribution < 1.29 is 0 Å². The summed E-state index contributed by atoms with van der Waals surface area (Å²) in [5, 5.41) is 3.65. The van der Waals surface area contributed by atoms with Crippen LogP contribution in [0.3, 0.4) is 0 Å². The van der Waals surface area contributed by atoms with Gasteiger partial charge in [-0.3, -0.25) is 0 Å². The molecule has 0 aromatic rings. The molecule has 2 saturated heterocycles. The summed E-state index contributed by atoms with van der Waals surface area (Å²) in [7, 11) is 2.24. The Hall–Kier alpha value is -0.120. The van der Waals surface area contributed by atoms with Gasteiger partial charge in [-0.1, -0.05) is 6.42 Å². The summed E-state index contributed by atoms with van der Waals surface area (Å²) in [6.45, 7) is 8.65. The Balaban J connectivity index is 1.58. The molecule has 2 fully saturated rings. The average Bonchev–Trinajstić information content (AvgIpc) is 2.35. The van der Waals surface area contributed by atoms with E-state index in [9.17, 15) is 0 Å². The maximum atomic E-state index is 3.65. The zero-order valence-corrected chi connectivity index (χ0v) is 11.6. The number of nitrogens with one attached hydrogen (secondary N) is 1. The highest BCUT2D eigenvalue weighted by molar-refractivity contribution is 4.78. The molecular formula is C14H29N3. The number of hydrogen-bond donors (Lipinski definition) is 1. The van der Waals surface area contributed by atoms with Crippen LogP contribution in [0.1, 0.15) is 39.0 Å². The second-order valence-corrected chi connectivity index (χ2v) is 5.92. The SMILES string of the molecule is CC1CN(CCCC2CCCCN2)CCN1C. The van der Waals surface area contributed by atoms with Crippen LogP contribution in [0.25, 0.3) is 0 Å². The molecule has 2 aliphatic rings. The first-order valence-corrected chi connectivity index (χ1v) is 7.41. The fourth-order valence-corrected chi connectivity index (χ4v) is 3.06. The number of nitrogens with zero attached hydrogens (tertiary/aromatic N) is 2. The molecule has 2 atom stereocenters. The minimum Gasteiger partial charge on any atom is -0.314 e. The molecule has 2 aliphatic heterocycles. The minimum absolute atomic E-state index is 0.733. The first-order valence-electron chi connectivity index (χ1n) is 7.41. The molecule has 2 unspecified atom stereocenters. The van der Waals surface area contributed by atoms with Gasteiger partial charge in [0.25, 0.3) is 0 Å². The highest BCUT2D eigenvalue weighted by Gasteiger charge is 2.20. The Labute approximate surface area is 107 Å². The van der Waals surface area contributed by atoms with E-state index in [4.69, 9.17) is 0 Å². The first-order chi connectivity index (χ1) is 8.25. The quantitative estimate of drug-likeness (QED) is 0.803. The third-order valence-electron chi connectivity index (χ3n) is 4.48. The van der Waals surface area contributed by atoms with E-state index in [0.717, 1.165) is 12.1 Å². The molecule has 0 bridgehead atoms. The Bertz CT molecular complexity index is 214. The zero-order chi connectivity index (χ0) is 12.1. The molecule has 0 radical (unpaired) electrons. The van der Waals surface area contributed by atoms with Gasteiger partial charge in [0.2, 0.25) is 0 Å². The molecule has 0 spiro atoms. The summed E-state index contributed by atoms with van der Waals surface area (Å²) in [5.74, 6) is 0. The third kappa shape index (κ3) is 4.23. The van der Waals surface area contributed by atoms with Crippen molar-refractivity contribution in [3.8, 4) is 0 Å². The molecule has 0 amide bonds. The van der Waals surface area contributed by atoms with E-state index in [0.29, 0.717) is 0 Å².